The summed E-state index contributed by atoms with van der Waals surface area (Å²) in [6.07, 6.45) is 0.472. The van der Waals surface area contributed by atoms with Gasteiger partial charge in [0.05, 0.1) is 11.7 Å². The maximum absolute atomic E-state index is 12.2. The van der Waals surface area contributed by atoms with E-state index in [1.807, 2.05) is 25.1 Å². The van der Waals surface area contributed by atoms with Crippen LogP contribution < -0.4 is 10.0 Å². The molecule has 3 N–H and O–H groups in total. The minimum atomic E-state index is -3.63. The molecule has 0 fully saturated rings. The Balaban J connectivity index is 1.83. The van der Waals surface area contributed by atoms with E-state index < -0.39 is 15.9 Å². The van der Waals surface area contributed by atoms with E-state index in [0.717, 1.165) is 11.1 Å². The van der Waals surface area contributed by atoms with Gasteiger partial charge in [-0.1, -0.05) is 42.8 Å². The molecule has 0 spiro atoms. The van der Waals surface area contributed by atoms with Gasteiger partial charge in [-0.3, -0.25) is 9.52 Å². The highest BCUT2D eigenvalue weighted by Gasteiger charge is 2.21. The first-order valence-corrected chi connectivity index (χ1v) is 10.0. The lowest BCUT2D eigenvalue weighted by Crippen LogP contribution is -2.35. The van der Waals surface area contributed by atoms with Gasteiger partial charge in [-0.2, -0.15) is 0 Å². The van der Waals surface area contributed by atoms with Gasteiger partial charge in [-0.05, 0) is 37.1 Å². The number of phenolic OH excluding ortho intramolecular Hbond substituents is 1. The van der Waals surface area contributed by atoms with Crippen molar-refractivity contribution in [3.05, 3.63) is 59.7 Å². The molecule has 1 amide bonds. The summed E-state index contributed by atoms with van der Waals surface area (Å²) >= 11 is 0. The van der Waals surface area contributed by atoms with Crippen molar-refractivity contribution in [1.82, 2.24) is 5.32 Å². The summed E-state index contributed by atoms with van der Waals surface area (Å²) in [5, 5.41) is 12.4. The van der Waals surface area contributed by atoms with E-state index in [0.29, 0.717) is 18.7 Å². The molecule has 0 aromatic heterocycles. The fourth-order valence-corrected chi connectivity index (χ4v) is 3.85. The van der Waals surface area contributed by atoms with Gasteiger partial charge in [0.2, 0.25) is 15.9 Å². The Morgan fingerprint density at radius 3 is 2.42 bits per heavy atom. The zero-order valence-electron chi connectivity index (χ0n) is 14.9. The zero-order valence-corrected chi connectivity index (χ0v) is 15.7. The Bertz CT molecular complexity index is 848. The minimum Gasteiger partial charge on any atom is -0.508 e. The second kappa shape index (κ2) is 8.71. The normalized spacial score (nSPS) is 12.4. The number of amides is 1. The molecule has 6 nitrogen and oxygen atoms in total. The average molecular weight is 376 g/mol. The van der Waals surface area contributed by atoms with Crippen molar-refractivity contribution < 1.29 is 18.3 Å². The van der Waals surface area contributed by atoms with Crippen LogP contribution in [0.25, 0.3) is 0 Å². The Kier molecular flexibility index (Phi) is 6.63. The van der Waals surface area contributed by atoms with Gasteiger partial charge in [0.25, 0.3) is 0 Å². The molecule has 2 aromatic carbocycles. The number of aryl methyl sites for hydroxylation is 1. The summed E-state index contributed by atoms with van der Waals surface area (Å²) in [5.74, 6) is -1.15. The first kappa shape index (κ1) is 19.8. The summed E-state index contributed by atoms with van der Waals surface area (Å²) in [7, 11) is -3.63. The molecule has 0 saturated carbocycles. The summed E-state index contributed by atoms with van der Waals surface area (Å²) in [6.45, 7) is 3.82. The highest BCUT2D eigenvalue weighted by Crippen LogP contribution is 2.16. The van der Waals surface area contributed by atoms with Crippen LogP contribution in [0, 0.1) is 12.8 Å². The van der Waals surface area contributed by atoms with Crippen molar-refractivity contribution in [1.29, 1.82) is 0 Å². The van der Waals surface area contributed by atoms with E-state index in [-0.39, 0.29) is 17.4 Å². The zero-order chi connectivity index (χ0) is 19.2. The van der Waals surface area contributed by atoms with Crippen molar-refractivity contribution >= 4 is 21.6 Å². The SMILES string of the molecule is Cc1ccc(NS(=O)(=O)CC(C)C(=O)NCCc2ccccc2O)cc1. The van der Waals surface area contributed by atoms with Gasteiger partial charge in [0.1, 0.15) is 5.75 Å². The van der Waals surface area contributed by atoms with Crippen LogP contribution in [-0.4, -0.2) is 31.7 Å². The van der Waals surface area contributed by atoms with Gasteiger partial charge in [0.15, 0.2) is 0 Å². The molecule has 1 unspecified atom stereocenters. The van der Waals surface area contributed by atoms with Crippen molar-refractivity contribution in [3.8, 4) is 5.75 Å². The van der Waals surface area contributed by atoms with Crippen LogP contribution in [-0.2, 0) is 21.2 Å². The van der Waals surface area contributed by atoms with Crippen molar-refractivity contribution in [2.24, 2.45) is 5.92 Å². The lowest BCUT2D eigenvalue weighted by molar-refractivity contribution is -0.123. The molecule has 7 heteroatoms. The molecular weight excluding hydrogens is 352 g/mol. The smallest absolute Gasteiger partial charge is 0.233 e. The molecular formula is C19H24N2O4S. The number of carbonyl (C=O) groups excluding carboxylic acids is 1. The molecule has 0 heterocycles. The second-order valence-electron chi connectivity index (χ2n) is 6.32. The molecule has 0 aliphatic carbocycles. The number of rotatable bonds is 8. The Morgan fingerprint density at radius 1 is 1.12 bits per heavy atom. The lowest BCUT2D eigenvalue weighted by Gasteiger charge is -2.14. The lowest BCUT2D eigenvalue weighted by atomic mass is 10.1. The van der Waals surface area contributed by atoms with Gasteiger partial charge in [0, 0.05) is 12.2 Å². The summed E-state index contributed by atoms with van der Waals surface area (Å²) < 4.78 is 26.9. The van der Waals surface area contributed by atoms with Crippen LogP contribution in [0.1, 0.15) is 18.1 Å². The number of benzene rings is 2. The molecule has 0 saturated heterocycles. The van der Waals surface area contributed by atoms with Crippen LogP contribution in [0.2, 0.25) is 0 Å². The number of para-hydroxylation sites is 1. The number of hydrogen-bond acceptors (Lipinski definition) is 4. The number of hydrogen-bond donors (Lipinski definition) is 3. The summed E-state index contributed by atoms with van der Waals surface area (Å²) in [5.41, 5.74) is 2.24. The fraction of sp³-hybridized carbons (Fsp3) is 0.316. The topological polar surface area (TPSA) is 95.5 Å². The van der Waals surface area contributed by atoms with Gasteiger partial charge < -0.3 is 10.4 Å². The van der Waals surface area contributed by atoms with E-state index in [9.17, 15) is 18.3 Å². The predicted octanol–water partition coefficient (Wildman–Crippen LogP) is 2.44. The van der Waals surface area contributed by atoms with Crippen molar-refractivity contribution in [2.75, 3.05) is 17.0 Å². The van der Waals surface area contributed by atoms with Crippen LogP contribution in [0.15, 0.2) is 48.5 Å². The maximum Gasteiger partial charge on any atom is 0.233 e. The second-order valence-corrected chi connectivity index (χ2v) is 8.09. The molecule has 140 valence electrons. The monoisotopic (exact) mass is 376 g/mol. The number of carbonyl (C=O) groups is 1. The fourth-order valence-electron chi connectivity index (χ4n) is 2.46. The Morgan fingerprint density at radius 2 is 1.77 bits per heavy atom. The average Bonchev–Trinajstić information content (AvgIpc) is 2.58. The Labute approximate surface area is 154 Å². The maximum atomic E-state index is 12.2. The number of anilines is 1. The number of aromatic hydroxyl groups is 1. The van der Waals surface area contributed by atoms with Gasteiger partial charge >= 0.3 is 0 Å². The molecule has 0 aliphatic rings. The predicted molar refractivity (Wildman–Crippen MR) is 103 cm³/mol. The van der Waals surface area contributed by atoms with Crippen LogP contribution in [0.4, 0.5) is 5.69 Å². The number of phenols is 1. The molecule has 2 aromatic rings. The first-order valence-electron chi connectivity index (χ1n) is 8.38. The van der Waals surface area contributed by atoms with Crippen LogP contribution in [0.3, 0.4) is 0 Å². The third-order valence-electron chi connectivity index (χ3n) is 3.93. The van der Waals surface area contributed by atoms with Crippen molar-refractivity contribution in [3.63, 3.8) is 0 Å². The largest absolute Gasteiger partial charge is 0.508 e. The number of sulfonamides is 1. The standard InChI is InChI=1S/C19H24N2O4S/c1-14-7-9-17(10-8-14)21-26(24,25)13-15(2)19(23)20-12-11-16-5-3-4-6-18(16)22/h3-10,15,21-22H,11-13H2,1-2H3,(H,20,23). The van der Waals surface area contributed by atoms with E-state index in [1.54, 1.807) is 37.3 Å². The molecule has 26 heavy (non-hydrogen) atoms. The van der Waals surface area contributed by atoms with Crippen molar-refractivity contribution in [2.45, 2.75) is 20.3 Å². The van der Waals surface area contributed by atoms with E-state index >= 15 is 0 Å². The van der Waals surface area contributed by atoms with E-state index in [4.69, 9.17) is 0 Å². The Hall–Kier alpha value is -2.54. The van der Waals surface area contributed by atoms with Gasteiger partial charge in [-0.25, -0.2) is 8.42 Å². The summed E-state index contributed by atoms with van der Waals surface area (Å²) in [4.78, 5) is 12.1. The molecule has 0 radical (unpaired) electrons. The molecule has 2 rings (SSSR count). The quantitative estimate of drug-likeness (QED) is 0.659. The van der Waals surface area contributed by atoms with Crippen LogP contribution >= 0.6 is 0 Å². The third-order valence-corrected chi connectivity index (χ3v) is 5.41. The van der Waals surface area contributed by atoms with E-state index in [1.165, 1.54) is 0 Å². The number of nitrogens with one attached hydrogen (secondary N) is 2. The molecule has 1 atom stereocenters. The summed E-state index contributed by atoms with van der Waals surface area (Å²) in [6, 6.07) is 13.9. The first-order chi connectivity index (χ1) is 12.3. The molecule has 0 aliphatic heterocycles. The minimum absolute atomic E-state index is 0.180. The van der Waals surface area contributed by atoms with Crippen LogP contribution in [0.5, 0.6) is 5.75 Å². The molecule has 0 bridgehead atoms. The van der Waals surface area contributed by atoms with E-state index in [2.05, 4.69) is 10.0 Å². The third kappa shape index (κ3) is 6.07. The highest BCUT2D eigenvalue weighted by molar-refractivity contribution is 7.92. The van der Waals surface area contributed by atoms with Gasteiger partial charge in [-0.15, -0.1) is 0 Å². The highest BCUT2D eigenvalue weighted by atomic mass is 32.2.